The summed E-state index contributed by atoms with van der Waals surface area (Å²) in [6.07, 6.45) is 1.78. The van der Waals surface area contributed by atoms with Gasteiger partial charge in [0.1, 0.15) is 16.0 Å². The Kier molecular flexibility index (Phi) is 3.86. The van der Waals surface area contributed by atoms with Gasteiger partial charge in [0.25, 0.3) is 0 Å². The van der Waals surface area contributed by atoms with Crippen LogP contribution >= 0.6 is 0 Å². The normalized spacial score (nSPS) is 13.9. The van der Waals surface area contributed by atoms with Gasteiger partial charge in [-0.25, -0.2) is 13.9 Å². The van der Waals surface area contributed by atoms with Crippen LogP contribution in [0, 0.1) is 20.8 Å². The molecule has 0 aliphatic rings. The van der Waals surface area contributed by atoms with E-state index < -0.39 is 11.0 Å². The van der Waals surface area contributed by atoms with Gasteiger partial charge in [-0.2, -0.15) is 0 Å². The zero-order valence-electron chi connectivity index (χ0n) is 10.8. The predicted molar refractivity (Wildman–Crippen MR) is 67.7 cm³/mol. The summed E-state index contributed by atoms with van der Waals surface area (Å²) < 4.78 is 15.1. The van der Waals surface area contributed by atoms with Gasteiger partial charge in [-0.05, 0) is 58.2 Å². The smallest absolute Gasteiger partial charge is 0.145 e. The lowest BCUT2D eigenvalue weighted by Crippen LogP contribution is -2.37. The Morgan fingerprint density at radius 2 is 1.75 bits per heavy atom. The van der Waals surface area contributed by atoms with E-state index in [1.54, 1.807) is 6.20 Å². The summed E-state index contributed by atoms with van der Waals surface area (Å²) in [5, 5.41) is 0.637. The molecule has 90 valence electrons. The second-order valence-electron chi connectivity index (χ2n) is 5.12. The lowest BCUT2D eigenvalue weighted by molar-refractivity contribution is 0.518. The van der Waals surface area contributed by atoms with Crippen molar-refractivity contribution < 1.29 is 4.21 Å². The third-order valence-electron chi connectivity index (χ3n) is 2.42. The average Bonchev–Trinajstić information content (AvgIpc) is 2.11. The van der Waals surface area contributed by atoms with E-state index in [2.05, 4.69) is 9.71 Å². The van der Waals surface area contributed by atoms with E-state index >= 15 is 0 Å². The van der Waals surface area contributed by atoms with Crippen LogP contribution in [0.2, 0.25) is 0 Å². The molecule has 1 unspecified atom stereocenters. The summed E-state index contributed by atoms with van der Waals surface area (Å²) in [6, 6.07) is 0. The molecule has 0 aromatic carbocycles. The van der Waals surface area contributed by atoms with Crippen LogP contribution in [0.3, 0.4) is 0 Å². The first-order chi connectivity index (χ1) is 7.22. The molecule has 0 aliphatic carbocycles. The highest BCUT2D eigenvalue weighted by Crippen LogP contribution is 2.17. The van der Waals surface area contributed by atoms with Crippen LogP contribution in [0.5, 0.6) is 0 Å². The van der Waals surface area contributed by atoms with Crippen molar-refractivity contribution in [2.75, 3.05) is 0 Å². The fraction of sp³-hybridized carbons (Fsp3) is 0.583. The van der Waals surface area contributed by atoms with E-state index in [0.29, 0.717) is 5.03 Å². The van der Waals surface area contributed by atoms with Gasteiger partial charge in [-0.15, -0.1) is 0 Å². The summed E-state index contributed by atoms with van der Waals surface area (Å²) in [4.78, 5) is 4.26. The number of aryl methyl sites for hydroxylation is 1. The fourth-order valence-electron chi connectivity index (χ4n) is 1.32. The molecule has 1 rings (SSSR count). The van der Waals surface area contributed by atoms with Gasteiger partial charge in [0.2, 0.25) is 0 Å². The van der Waals surface area contributed by atoms with Gasteiger partial charge >= 0.3 is 0 Å². The molecule has 1 atom stereocenters. The van der Waals surface area contributed by atoms with Crippen molar-refractivity contribution in [1.29, 1.82) is 0 Å². The van der Waals surface area contributed by atoms with Crippen molar-refractivity contribution >= 4 is 11.0 Å². The van der Waals surface area contributed by atoms with Gasteiger partial charge in [-0.1, -0.05) is 0 Å². The second-order valence-corrected chi connectivity index (χ2v) is 6.25. The summed E-state index contributed by atoms with van der Waals surface area (Å²) in [5.74, 6) is 0. The second kappa shape index (κ2) is 4.63. The van der Waals surface area contributed by atoms with Crippen LogP contribution in [-0.2, 0) is 11.0 Å². The maximum atomic E-state index is 12.1. The molecule has 3 nitrogen and oxygen atoms in total. The minimum Gasteiger partial charge on any atom is -0.245 e. The third-order valence-corrected chi connectivity index (χ3v) is 3.99. The zero-order chi connectivity index (χ0) is 12.5. The van der Waals surface area contributed by atoms with E-state index in [-0.39, 0.29) is 5.54 Å². The number of aromatic nitrogens is 1. The molecule has 1 N–H and O–H groups in total. The van der Waals surface area contributed by atoms with Crippen LogP contribution in [-0.4, -0.2) is 14.7 Å². The number of nitrogens with one attached hydrogen (secondary N) is 1. The highest BCUT2D eigenvalue weighted by atomic mass is 32.2. The number of hydrogen-bond donors (Lipinski definition) is 1. The van der Waals surface area contributed by atoms with Crippen molar-refractivity contribution in [3.05, 3.63) is 22.9 Å². The van der Waals surface area contributed by atoms with Gasteiger partial charge in [0, 0.05) is 11.7 Å². The van der Waals surface area contributed by atoms with E-state index in [9.17, 15) is 4.21 Å². The molecule has 0 spiro atoms. The molecule has 0 fully saturated rings. The topological polar surface area (TPSA) is 42.0 Å². The Morgan fingerprint density at radius 1 is 1.19 bits per heavy atom. The van der Waals surface area contributed by atoms with Crippen LogP contribution in [0.25, 0.3) is 0 Å². The SMILES string of the molecule is Cc1cnc(S(=O)NC(C)(C)C)c(C)c1C. The van der Waals surface area contributed by atoms with Crippen molar-refractivity contribution in [3.63, 3.8) is 0 Å². The molecule has 0 bridgehead atoms. The fourth-order valence-corrected chi connectivity index (χ4v) is 2.55. The van der Waals surface area contributed by atoms with E-state index in [1.165, 1.54) is 0 Å². The minimum atomic E-state index is -1.24. The maximum absolute atomic E-state index is 12.1. The molecular weight excluding hydrogens is 220 g/mol. The van der Waals surface area contributed by atoms with Gasteiger partial charge in [0.05, 0.1) is 0 Å². The van der Waals surface area contributed by atoms with Gasteiger partial charge < -0.3 is 0 Å². The summed E-state index contributed by atoms with van der Waals surface area (Å²) in [5.41, 5.74) is 3.12. The summed E-state index contributed by atoms with van der Waals surface area (Å²) in [6.45, 7) is 12.0. The van der Waals surface area contributed by atoms with Crippen LogP contribution < -0.4 is 4.72 Å². The number of nitrogens with zero attached hydrogens (tertiary/aromatic N) is 1. The average molecular weight is 240 g/mol. The standard InChI is InChI=1S/C12H20N2OS/c1-8-7-13-11(10(3)9(8)2)16(15)14-12(4,5)6/h7,14H,1-6H3. The Morgan fingerprint density at radius 3 is 2.25 bits per heavy atom. The molecule has 0 radical (unpaired) electrons. The molecule has 1 heterocycles. The van der Waals surface area contributed by atoms with Crippen molar-refractivity contribution in [2.24, 2.45) is 0 Å². The number of hydrogen-bond acceptors (Lipinski definition) is 2. The van der Waals surface area contributed by atoms with Gasteiger partial charge in [-0.3, -0.25) is 0 Å². The van der Waals surface area contributed by atoms with Crippen molar-refractivity contribution in [2.45, 2.75) is 52.1 Å². The molecule has 0 saturated heterocycles. The van der Waals surface area contributed by atoms with E-state index in [4.69, 9.17) is 0 Å². The number of pyridine rings is 1. The molecule has 1 aromatic rings. The maximum Gasteiger partial charge on any atom is 0.145 e. The molecular formula is C12H20N2OS. The highest BCUT2D eigenvalue weighted by Gasteiger charge is 2.18. The van der Waals surface area contributed by atoms with Crippen LogP contribution in [0.15, 0.2) is 11.2 Å². The lowest BCUT2D eigenvalue weighted by atomic mass is 10.1. The Labute approximate surface area is 100 Å². The molecule has 1 aromatic heterocycles. The molecule has 4 heteroatoms. The van der Waals surface area contributed by atoms with Gasteiger partial charge in [0.15, 0.2) is 0 Å². The van der Waals surface area contributed by atoms with E-state index in [1.807, 2.05) is 41.5 Å². The molecule has 0 aliphatic heterocycles. The first-order valence-corrected chi connectivity index (χ1v) is 6.50. The van der Waals surface area contributed by atoms with Crippen LogP contribution in [0.1, 0.15) is 37.5 Å². The predicted octanol–water partition coefficient (Wildman–Crippen LogP) is 2.42. The van der Waals surface area contributed by atoms with Crippen molar-refractivity contribution in [1.82, 2.24) is 9.71 Å². The summed E-state index contributed by atoms with van der Waals surface area (Å²) >= 11 is 0. The zero-order valence-corrected chi connectivity index (χ0v) is 11.7. The first kappa shape index (κ1) is 13.3. The van der Waals surface area contributed by atoms with E-state index in [0.717, 1.165) is 16.7 Å². The summed E-state index contributed by atoms with van der Waals surface area (Å²) in [7, 11) is -1.24. The van der Waals surface area contributed by atoms with Crippen molar-refractivity contribution in [3.8, 4) is 0 Å². The molecule has 0 amide bonds. The highest BCUT2D eigenvalue weighted by molar-refractivity contribution is 7.83. The lowest BCUT2D eigenvalue weighted by Gasteiger charge is -2.20. The third kappa shape index (κ3) is 3.12. The Balaban J connectivity index is 3.06. The largest absolute Gasteiger partial charge is 0.245 e. The Bertz CT molecular complexity index is 422. The number of rotatable bonds is 2. The Hall–Kier alpha value is -0.740. The monoisotopic (exact) mass is 240 g/mol. The van der Waals surface area contributed by atoms with Crippen LogP contribution in [0.4, 0.5) is 0 Å². The molecule has 16 heavy (non-hydrogen) atoms. The molecule has 0 saturated carbocycles. The quantitative estimate of drug-likeness (QED) is 0.862. The minimum absolute atomic E-state index is 0.183. The first-order valence-electron chi connectivity index (χ1n) is 5.35.